The lowest BCUT2D eigenvalue weighted by molar-refractivity contribution is -0.274. The monoisotopic (exact) mass is 451 g/mol. The van der Waals surface area contributed by atoms with E-state index in [1.54, 1.807) is 0 Å². The fraction of sp³-hybridized carbons (Fsp3) is 0.400. The summed E-state index contributed by atoms with van der Waals surface area (Å²) in [6.45, 7) is 0.123. The Labute approximate surface area is 180 Å². The first-order valence-electron chi connectivity index (χ1n) is 9.78. The van der Waals surface area contributed by atoms with Crippen LogP contribution in [0.2, 0.25) is 0 Å². The van der Waals surface area contributed by atoms with Crippen LogP contribution in [0.5, 0.6) is 5.75 Å². The van der Waals surface area contributed by atoms with Crippen LogP contribution < -0.4 is 20.7 Å². The van der Waals surface area contributed by atoms with Crippen LogP contribution >= 0.6 is 0 Å². The van der Waals surface area contributed by atoms with Crippen molar-refractivity contribution in [2.45, 2.75) is 31.7 Å². The second-order valence-corrected chi connectivity index (χ2v) is 7.25. The number of benzene rings is 1. The molecule has 0 unspecified atom stereocenters. The number of hydrogen-bond donors (Lipinski definition) is 4. The van der Waals surface area contributed by atoms with Gasteiger partial charge in [0.15, 0.2) is 0 Å². The van der Waals surface area contributed by atoms with Crippen LogP contribution in [0.4, 0.5) is 13.2 Å². The van der Waals surface area contributed by atoms with Gasteiger partial charge in [0.1, 0.15) is 17.5 Å². The number of carbonyl (C=O) groups excluding carboxylic acids is 3. The van der Waals surface area contributed by atoms with Gasteiger partial charge < -0.3 is 25.7 Å². The molecule has 0 bridgehead atoms. The highest BCUT2D eigenvalue weighted by atomic mass is 19.4. The molecule has 12 heteroatoms. The molecule has 2 heterocycles. The largest absolute Gasteiger partial charge is 0.573 e. The summed E-state index contributed by atoms with van der Waals surface area (Å²) in [6, 6.07) is 6.14. The van der Waals surface area contributed by atoms with E-state index in [0.717, 1.165) is 12.5 Å². The van der Waals surface area contributed by atoms with Gasteiger partial charge in [-0.2, -0.15) is 5.26 Å². The van der Waals surface area contributed by atoms with Crippen molar-refractivity contribution in [2.75, 3.05) is 13.1 Å². The molecule has 1 fully saturated rings. The van der Waals surface area contributed by atoms with Crippen molar-refractivity contribution in [3.05, 3.63) is 30.0 Å². The van der Waals surface area contributed by atoms with E-state index < -0.39 is 36.5 Å². The number of nitriles is 1. The van der Waals surface area contributed by atoms with E-state index in [1.165, 1.54) is 18.2 Å². The zero-order valence-electron chi connectivity index (χ0n) is 16.7. The van der Waals surface area contributed by atoms with Crippen molar-refractivity contribution < 1.29 is 32.3 Å². The Morgan fingerprint density at radius 1 is 1.34 bits per heavy atom. The minimum absolute atomic E-state index is 0.0507. The summed E-state index contributed by atoms with van der Waals surface area (Å²) in [5.74, 6) is -2.37. The predicted octanol–water partition coefficient (Wildman–Crippen LogP) is 1.72. The fourth-order valence-corrected chi connectivity index (χ4v) is 3.45. The van der Waals surface area contributed by atoms with Crippen molar-refractivity contribution >= 4 is 28.6 Å². The highest BCUT2D eigenvalue weighted by molar-refractivity contribution is 6.00. The minimum atomic E-state index is -4.89. The lowest BCUT2D eigenvalue weighted by Gasteiger charge is -2.23. The summed E-state index contributed by atoms with van der Waals surface area (Å²) in [6.07, 6.45) is -3.32. The van der Waals surface area contributed by atoms with Crippen molar-refractivity contribution in [1.29, 1.82) is 5.26 Å². The van der Waals surface area contributed by atoms with E-state index in [1.807, 2.05) is 6.07 Å². The zero-order chi connectivity index (χ0) is 23.3. The van der Waals surface area contributed by atoms with E-state index >= 15 is 0 Å². The molecule has 3 amide bonds. The van der Waals surface area contributed by atoms with Crippen LogP contribution in [0.25, 0.3) is 10.9 Å². The molecule has 170 valence electrons. The Balaban J connectivity index is 1.57. The molecule has 1 aromatic heterocycles. The number of nitrogens with one attached hydrogen (secondary N) is 4. The average molecular weight is 451 g/mol. The number of alkyl halides is 3. The normalized spacial score (nSPS) is 17.2. The van der Waals surface area contributed by atoms with Gasteiger partial charge in [0.25, 0.3) is 5.91 Å². The molecule has 0 saturated carbocycles. The van der Waals surface area contributed by atoms with E-state index in [4.69, 9.17) is 0 Å². The summed E-state index contributed by atoms with van der Waals surface area (Å²) >= 11 is 0. The standard InChI is InChI=1S/C20H20F3N5O4/c21-20(22,23)32-16-5-1-4-14-13(16)8-15(28-14)19(31)26-10-17(29)27-12(9-24)7-11-3-2-6-25-18(11)30/h1,4-5,8,11-12,28H,2-3,6-7,10H2,(H,25,30)(H,26,31)(H,27,29)/t11-,12-/m0/s1. The smallest absolute Gasteiger partial charge is 0.405 e. The van der Waals surface area contributed by atoms with Crippen LogP contribution in [0.3, 0.4) is 0 Å². The molecule has 1 saturated heterocycles. The molecule has 32 heavy (non-hydrogen) atoms. The van der Waals surface area contributed by atoms with E-state index in [9.17, 15) is 32.8 Å². The molecule has 0 radical (unpaired) electrons. The second kappa shape index (κ2) is 9.59. The van der Waals surface area contributed by atoms with E-state index in [-0.39, 0.29) is 34.8 Å². The van der Waals surface area contributed by atoms with E-state index in [0.29, 0.717) is 13.0 Å². The van der Waals surface area contributed by atoms with Crippen LogP contribution in [-0.2, 0) is 9.59 Å². The molecule has 3 rings (SSSR count). The van der Waals surface area contributed by atoms with Gasteiger partial charge in [0.05, 0.1) is 12.6 Å². The number of amides is 3. The van der Waals surface area contributed by atoms with Crippen LogP contribution in [0.15, 0.2) is 24.3 Å². The van der Waals surface area contributed by atoms with Gasteiger partial charge in [-0.05, 0) is 37.5 Å². The Morgan fingerprint density at radius 3 is 2.81 bits per heavy atom. The van der Waals surface area contributed by atoms with Crippen molar-refractivity contribution in [2.24, 2.45) is 5.92 Å². The summed E-state index contributed by atoms with van der Waals surface area (Å²) in [7, 11) is 0. The molecule has 1 aliphatic rings. The summed E-state index contributed by atoms with van der Waals surface area (Å²) in [4.78, 5) is 38.9. The molecule has 0 spiro atoms. The third-order valence-electron chi connectivity index (χ3n) is 4.91. The van der Waals surface area contributed by atoms with Crippen LogP contribution in [0, 0.1) is 17.2 Å². The van der Waals surface area contributed by atoms with Gasteiger partial charge in [-0.3, -0.25) is 14.4 Å². The van der Waals surface area contributed by atoms with Crippen LogP contribution in [0.1, 0.15) is 29.8 Å². The topological polar surface area (TPSA) is 136 Å². The van der Waals surface area contributed by atoms with Crippen molar-refractivity contribution in [3.63, 3.8) is 0 Å². The Hall–Kier alpha value is -3.75. The number of halogens is 3. The zero-order valence-corrected chi connectivity index (χ0v) is 16.7. The average Bonchev–Trinajstić information content (AvgIpc) is 3.17. The maximum atomic E-state index is 12.5. The molecule has 9 nitrogen and oxygen atoms in total. The number of carbonyl (C=O) groups is 3. The van der Waals surface area contributed by atoms with Gasteiger partial charge in [0.2, 0.25) is 11.8 Å². The Morgan fingerprint density at radius 2 is 2.12 bits per heavy atom. The second-order valence-electron chi connectivity index (χ2n) is 7.25. The van der Waals surface area contributed by atoms with E-state index in [2.05, 4.69) is 25.7 Å². The summed E-state index contributed by atoms with van der Waals surface area (Å²) in [5.41, 5.74) is 0.179. The highest BCUT2D eigenvalue weighted by Gasteiger charge is 2.32. The van der Waals surface area contributed by atoms with Gasteiger partial charge >= 0.3 is 6.36 Å². The van der Waals surface area contributed by atoms with Crippen molar-refractivity contribution in [1.82, 2.24) is 20.9 Å². The number of rotatable bonds is 7. The first kappa shape index (κ1) is 22.9. The quantitative estimate of drug-likeness (QED) is 0.508. The minimum Gasteiger partial charge on any atom is -0.405 e. The number of hydrogen-bond acceptors (Lipinski definition) is 5. The summed E-state index contributed by atoms with van der Waals surface area (Å²) in [5, 5.41) is 16.8. The third-order valence-corrected chi connectivity index (χ3v) is 4.91. The molecular weight excluding hydrogens is 431 g/mol. The molecule has 4 N–H and O–H groups in total. The Bertz CT molecular complexity index is 1060. The van der Waals surface area contributed by atoms with Crippen LogP contribution in [-0.4, -0.2) is 48.2 Å². The molecule has 2 aromatic rings. The first-order chi connectivity index (χ1) is 15.2. The Kier molecular flexibility index (Phi) is 6.87. The fourth-order valence-electron chi connectivity index (χ4n) is 3.45. The first-order valence-corrected chi connectivity index (χ1v) is 9.78. The lowest BCUT2D eigenvalue weighted by Crippen LogP contribution is -2.44. The molecule has 2 atom stereocenters. The molecule has 1 aromatic carbocycles. The summed E-state index contributed by atoms with van der Waals surface area (Å²) < 4.78 is 41.6. The molecule has 1 aliphatic heterocycles. The number of ether oxygens (including phenoxy) is 1. The molecule has 0 aliphatic carbocycles. The third kappa shape index (κ3) is 5.90. The highest BCUT2D eigenvalue weighted by Crippen LogP contribution is 2.31. The van der Waals surface area contributed by atoms with Gasteiger partial charge in [-0.1, -0.05) is 6.07 Å². The maximum Gasteiger partial charge on any atom is 0.573 e. The van der Waals surface area contributed by atoms with Gasteiger partial charge in [-0.25, -0.2) is 0 Å². The number of piperidine rings is 1. The van der Waals surface area contributed by atoms with Gasteiger partial charge in [-0.15, -0.1) is 13.2 Å². The number of nitrogens with zero attached hydrogens (tertiary/aromatic N) is 1. The SMILES string of the molecule is N#C[C@H](C[C@@H]1CCCNC1=O)NC(=O)CNC(=O)c1cc2c(OC(F)(F)F)cccc2[nH]1. The maximum absolute atomic E-state index is 12.5. The van der Waals surface area contributed by atoms with Gasteiger partial charge in [0, 0.05) is 23.4 Å². The lowest BCUT2D eigenvalue weighted by atomic mass is 9.92. The molecular formula is C20H20F3N5O4. The predicted molar refractivity (Wildman–Crippen MR) is 105 cm³/mol. The number of fused-ring (bicyclic) bond motifs is 1. The number of aromatic amines is 1. The van der Waals surface area contributed by atoms with Crippen molar-refractivity contribution in [3.8, 4) is 11.8 Å². The number of H-pyrrole nitrogens is 1. The number of aromatic nitrogens is 1.